The standard InChI is InChI=1S/C6H7ClN2O/c1-5(10)6-2-3-9(7)8-4-6/h2,4H,3H2,1H3. The van der Waals surface area contributed by atoms with Crippen molar-refractivity contribution in [1.82, 2.24) is 4.53 Å². The zero-order chi connectivity index (χ0) is 7.56. The Morgan fingerprint density at radius 2 is 2.60 bits per heavy atom. The smallest absolute Gasteiger partial charge is 0.161 e. The zero-order valence-corrected chi connectivity index (χ0v) is 6.30. The zero-order valence-electron chi connectivity index (χ0n) is 5.54. The fourth-order valence-electron chi connectivity index (χ4n) is 0.633. The van der Waals surface area contributed by atoms with Gasteiger partial charge in [0.05, 0.1) is 12.8 Å². The van der Waals surface area contributed by atoms with Crippen LogP contribution in [0.5, 0.6) is 0 Å². The third kappa shape index (κ3) is 1.57. The van der Waals surface area contributed by atoms with Crippen LogP contribution in [0.1, 0.15) is 6.92 Å². The van der Waals surface area contributed by atoms with Crippen LogP contribution in [0, 0.1) is 0 Å². The van der Waals surface area contributed by atoms with Crippen molar-refractivity contribution in [3.8, 4) is 0 Å². The number of rotatable bonds is 1. The lowest BCUT2D eigenvalue weighted by Crippen LogP contribution is -2.13. The van der Waals surface area contributed by atoms with E-state index < -0.39 is 0 Å². The number of Topliss-reactive ketones (excluding diaryl/α,β-unsaturated/α-hetero) is 1. The molecule has 0 atom stereocenters. The molecule has 0 unspecified atom stereocenters. The molecule has 0 aromatic carbocycles. The van der Waals surface area contributed by atoms with Crippen LogP contribution in [0.2, 0.25) is 0 Å². The highest BCUT2D eigenvalue weighted by Crippen LogP contribution is 2.04. The van der Waals surface area contributed by atoms with Gasteiger partial charge in [0.2, 0.25) is 0 Å². The maximum atomic E-state index is 10.7. The minimum atomic E-state index is 0.0218. The van der Waals surface area contributed by atoms with E-state index in [2.05, 4.69) is 5.10 Å². The van der Waals surface area contributed by atoms with E-state index in [-0.39, 0.29) is 5.78 Å². The van der Waals surface area contributed by atoms with Gasteiger partial charge < -0.3 is 0 Å². The summed E-state index contributed by atoms with van der Waals surface area (Å²) >= 11 is 5.47. The Hall–Kier alpha value is -0.830. The summed E-state index contributed by atoms with van der Waals surface area (Å²) in [5.74, 6) is 0.0218. The number of hydrogen-bond acceptors (Lipinski definition) is 3. The van der Waals surface area contributed by atoms with E-state index in [4.69, 9.17) is 11.8 Å². The van der Waals surface area contributed by atoms with Crippen LogP contribution in [0.25, 0.3) is 0 Å². The molecule has 0 spiro atoms. The number of hydrazone groups is 1. The Balaban J connectivity index is 2.67. The summed E-state index contributed by atoms with van der Waals surface area (Å²) in [6.45, 7) is 1.99. The van der Waals surface area contributed by atoms with Gasteiger partial charge in [0.15, 0.2) is 5.78 Å². The topological polar surface area (TPSA) is 32.7 Å². The predicted molar refractivity (Wildman–Crippen MR) is 39.8 cm³/mol. The quantitative estimate of drug-likeness (QED) is 0.533. The van der Waals surface area contributed by atoms with Crippen LogP contribution in [-0.2, 0) is 4.79 Å². The van der Waals surface area contributed by atoms with Crippen LogP contribution < -0.4 is 0 Å². The normalized spacial score (nSPS) is 17.0. The lowest BCUT2D eigenvalue weighted by molar-refractivity contribution is -0.113. The van der Waals surface area contributed by atoms with E-state index in [9.17, 15) is 4.79 Å². The molecule has 0 fully saturated rings. The molecule has 10 heavy (non-hydrogen) atoms. The van der Waals surface area contributed by atoms with Crippen molar-refractivity contribution in [1.29, 1.82) is 0 Å². The fraction of sp³-hybridized carbons (Fsp3) is 0.333. The number of halogens is 1. The van der Waals surface area contributed by atoms with E-state index in [1.165, 1.54) is 17.7 Å². The number of hydrogen-bond donors (Lipinski definition) is 0. The van der Waals surface area contributed by atoms with E-state index in [0.29, 0.717) is 12.1 Å². The molecule has 1 heterocycles. The first-order chi connectivity index (χ1) is 4.70. The van der Waals surface area contributed by atoms with Crippen molar-refractivity contribution in [2.45, 2.75) is 6.92 Å². The Morgan fingerprint density at radius 3 is 3.00 bits per heavy atom. The van der Waals surface area contributed by atoms with Crippen molar-refractivity contribution in [3.63, 3.8) is 0 Å². The molecule has 0 aliphatic carbocycles. The summed E-state index contributed by atoms with van der Waals surface area (Å²) in [6.07, 6.45) is 3.20. The summed E-state index contributed by atoms with van der Waals surface area (Å²) in [5.41, 5.74) is 0.622. The molecular weight excluding hydrogens is 152 g/mol. The van der Waals surface area contributed by atoms with Gasteiger partial charge in [-0.2, -0.15) is 5.10 Å². The number of nitrogens with zero attached hydrogens (tertiary/aromatic N) is 2. The molecule has 0 bridgehead atoms. The number of ketones is 1. The van der Waals surface area contributed by atoms with Crippen molar-refractivity contribution >= 4 is 23.8 Å². The summed E-state index contributed by atoms with van der Waals surface area (Å²) < 4.78 is 1.24. The van der Waals surface area contributed by atoms with Gasteiger partial charge in [-0.1, -0.05) is 0 Å². The predicted octanol–water partition coefficient (Wildman–Crippen LogP) is 0.957. The second-order valence-electron chi connectivity index (χ2n) is 1.98. The molecule has 0 aromatic heterocycles. The molecule has 4 heteroatoms. The molecule has 1 rings (SSSR count). The number of carbonyl (C=O) groups excluding carboxylic acids is 1. The minimum Gasteiger partial charge on any atom is -0.294 e. The number of carbonyl (C=O) groups is 1. The Bertz CT molecular complexity index is 210. The minimum absolute atomic E-state index is 0.0218. The molecule has 0 saturated heterocycles. The van der Waals surface area contributed by atoms with E-state index in [0.717, 1.165) is 0 Å². The molecule has 0 N–H and O–H groups in total. The number of allylic oxidation sites excluding steroid dienone is 1. The van der Waals surface area contributed by atoms with Crippen LogP contribution in [0.4, 0.5) is 0 Å². The van der Waals surface area contributed by atoms with Crippen molar-refractivity contribution in [2.24, 2.45) is 5.10 Å². The summed E-state index contributed by atoms with van der Waals surface area (Å²) in [6, 6.07) is 0. The molecule has 1 aliphatic rings. The monoisotopic (exact) mass is 158 g/mol. The van der Waals surface area contributed by atoms with Gasteiger partial charge in [0, 0.05) is 17.3 Å². The summed E-state index contributed by atoms with van der Waals surface area (Å²) in [7, 11) is 0. The summed E-state index contributed by atoms with van der Waals surface area (Å²) in [4.78, 5) is 10.7. The van der Waals surface area contributed by atoms with Crippen LogP contribution >= 0.6 is 11.8 Å². The van der Waals surface area contributed by atoms with Crippen molar-refractivity contribution in [2.75, 3.05) is 6.54 Å². The second kappa shape index (κ2) is 2.84. The molecule has 3 nitrogen and oxygen atoms in total. The lowest BCUT2D eigenvalue weighted by Gasteiger charge is -2.10. The van der Waals surface area contributed by atoms with Gasteiger partial charge in [-0.15, -0.1) is 0 Å². The first-order valence-corrected chi connectivity index (χ1v) is 3.22. The van der Waals surface area contributed by atoms with Gasteiger partial charge in [-0.3, -0.25) is 4.79 Å². The molecule has 0 aromatic rings. The van der Waals surface area contributed by atoms with Gasteiger partial charge in [-0.05, 0) is 13.0 Å². The molecule has 0 amide bonds. The Kier molecular flexibility index (Phi) is 2.06. The van der Waals surface area contributed by atoms with Gasteiger partial charge in [-0.25, -0.2) is 4.53 Å². The highest BCUT2D eigenvalue weighted by atomic mass is 35.5. The first-order valence-electron chi connectivity index (χ1n) is 2.88. The molecular formula is C6H7ClN2O. The maximum Gasteiger partial charge on any atom is 0.161 e. The SMILES string of the molecule is CC(=O)C1=CCN(Cl)N=C1. The Morgan fingerprint density at radius 1 is 1.90 bits per heavy atom. The van der Waals surface area contributed by atoms with Gasteiger partial charge >= 0.3 is 0 Å². The highest BCUT2D eigenvalue weighted by molar-refractivity contribution is 6.16. The molecule has 0 radical (unpaired) electrons. The van der Waals surface area contributed by atoms with Crippen LogP contribution in [0.15, 0.2) is 16.8 Å². The van der Waals surface area contributed by atoms with Crippen molar-refractivity contribution < 1.29 is 4.79 Å². The molecule has 1 aliphatic heterocycles. The highest BCUT2D eigenvalue weighted by Gasteiger charge is 2.05. The van der Waals surface area contributed by atoms with Gasteiger partial charge in [0.25, 0.3) is 0 Å². The molecule has 54 valence electrons. The summed E-state index contributed by atoms with van der Waals surface area (Å²) in [5, 5.41) is 3.72. The van der Waals surface area contributed by atoms with Gasteiger partial charge in [0.1, 0.15) is 0 Å². The average Bonchev–Trinajstić information content (AvgIpc) is 1.88. The second-order valence-corrected chi connectivity index (χ2v) is 2.37. The van der Waals surface area contributed by atoms with Crippen molar-refractivity contribution in [3.05, 3.63) is 11.6 Å². The lowest BCUT2D eigenvalue weighted by atomic mass is 10.2. The van der Waals surface area contributed by atoms with E-state index >= 15 is 0 Å². The fourth-order valence-corrected chi connectivity index (χ4v) is 0.746. The van der Waals surface area contributed by atoms with E-state index in [1.807, 2.05) is 0 Å². The average molecular weight is 159 g/mol. The van der Waals surface area contributed by atoms with Crippen LogP contribution in [0.3, 0.4) is 0 Å². The molecule has 0 saturated carbocycles. The largest absolute Gasteiger partial charge is 0.294 e. The Labute approximate surface area is 64.1 Å². The van der Waals surface area contributed by atoms with Crippen LogP contribution in [-0.4, -0.2) is 23.1 Å². The third-order valence-electron chi connectivity index (χ3n) is 1.19. The maximum absolute atomic E-state index is 10.7. The third-order valence-corrected chi connectivity index (χ3v) is 1.42. The van der Waals surface area contributed by atoms with E-state index in [1.54, 1.807) is 6.08 Å². The first kappa shape index (κ1) is 7.28.